The Bertz CT molecular complexity index is 1580. The maximum atomic E-state index is 13.8. The second kappa shape index (κ2) is 10.2. The zero-order chi connectivity index (χ0) is 28.7. The second-order valence-electron chi connectivity index (χ2n) is 7.93. The van der Waals surface area contributed by atoms with E-state index in [0.717, 1.165) is 18.3 Å². The van der Waals surface area contributed by atoms with Crippen molar-refractivity contribution >= 4 is 40.1 Å². The van der Waals surface area contributed by atoms with E-state index in [1.54, 1.807) is 13.0 Å². The third kappa shape index (κ3) is 5.83. The Balaban J connectivity index is 1.85. The molecule has 2 amide bonds. The van der Waals surface area contributed by atoms with Crippen molar-refractivity contribution in [2.24, 2.45) is 5.73 Å². The van der Waals surface area contributed by atoms with E-state index in [0.29, 0.717) is 24.6 Å². The number of nitrogens with two attached hydrogens (primary N) is 1. The number of carbonyl (C=O) groups excluding carboxylic acids is 2. The third-order valence-electron chi connectivity index (χ3n) is 5.19. The van der Waals surface area contributed by atoms with Gasteiger partial charge in [-0.15, -0.1) is 5.10 Å². The highest BCUT2D eigenvalue weighted by molar-refractivity contribution is 14.1. The molecule has 4 aromatic rings. The lowest BCUT2D eigenvalue weighted by atomic mass is 10.1. The average Bonchev–Trinajstić information content (AvgIpc) is 3.47. The first-order chi connectivity index (χ1) is 18.2. The fourth-order valence-electron chi connectivity index (χ4n) is 3.57. The minimum atomic E-state index is -4.94. The zero-order valence-electron chi connectivity index (χ0n) is 19.3. The van der Waals surface area contributed by atoms with Crippen molar-refractivity contribution in [1.29, 1.82) is 0 Å². The van der Waals surface area contributed by atoms with Crippen LogP contribution in [0.25, 0.3) is 5.82 Å². The molecule has 18 heteroatoms. The van der Waals surface area contributed by atoms with Gasteiger partial charge >= 0.3 is 12.4 Å². The Morgan fingerprint density at radius 1 is 1.10 bits per heavy atom. The number of halogens is 7. The van der Waals surface area contributed by atoms with Crippen LogP contribution in [-0.4, -0.2) is 46.8 Å². The van der Waals surface area contributed by atoms with Crippen LogP contribution in [0.5, 0.6) is 0 Å². The van der Waals surface area contributed by atoms with Gasteiger partial charge < -0.3 is 11.1 Å². The van der Waals surface area contributed by atoms with Crippen LogP contribution in [0, 0.1) is 10.5 Å². The number of amides is 2. The number of aryl methyl sites for hydroxylation is 1. The van der Waals surface area contributed by atoms with Crippen molar-refractivity contribution in [3.05, 3.63) is 74.0 Å². The van der Waals surface area contributed by atoms with Crippen molar-refractivity contribution in [3.63, 3.8) is 0 Å². The molecule has 0 atom stereocenters. The third-order valence-corrected chi connectivity index (χ3v) is 5.81. The van der Waals surface area contributed by atoms with Gasteiger partial charge in [0.05, 0.1) is 23.5 Å². The topological polar surface area (TPSA) is 146 Å². The molecule has 1 aromatic carbocycles. The van der Waals surface area contributed by atoms with Crippen LogP contribution in [0.2, 0.25) is 0 Å². The minimum absolute atomic E-state index is 0.0147. The summed E-state index contributed by atoms with van der Waals surface area (Å²) in [4.78, 5) is 29.1. The van der Waals surface area contributed by atoms with E-state index in [1.807, 2.05) is 22.6 Å². The molecule has 0 saturated carbocycles. The van der Waals surface area contributed by atoms with Crippen LogP contribution in [0.15, 0.2) is 36.5 Å². The van der Waals surface area contributed by atoms with Gasteiger partial charge in [0, 0.05) is 9.77 Å². The molecular formula is C21H14F6IN9O2. The number of nitrogens with one attached hydrogen (secondary N) is 1. The van der Waals surface area contributed by atoms with E-state index < -0.39 is 53.6 Å². The van der Waals surface area contributed by atoms with Crippen molar-refractivity contribution in [1.82, 2.24) is 35.0 Å². The number of anilines is 1. The molecule has 0 saturated heterocycles. The number of primary amides is 1. The molecule has 204 valence electrons. The Labute approximate surface area is 227 Å². The first kappa shape index (κ1) is 27.9. The number of carbonyl (C=O) groups is 2. The fourth-order valence-corrected chi connectivity index (χ4v) is 4.34. The molecule has 0 unspecified atom stereocenters. The molecule has 0 radical (unpaired) electrons. The number of tetrazole rings is 1. The van der Waals surface area contributed by atoms with Crippen LogP contribution >= 0.6 is 22.6 Å². The summed E-state index contributed by atoms with van der Waals surface area (Å²) in [5.41, 5.74) is 3.64. The van der Waals surface area contributed by atoms with Crippen molar-refractivity contribution in [2.75, 3.05) is 5.32 Å². The summed E-state index contributed by atoms with van der Waals surface area (Å²) in [6, 6.07) is 5.68. The summed E-state index contributed by atoms with van der Waals surface area (Å²) in [5, 5.41) is 15.5. The number of nitrogens with zero attached hydrogens (tertiary/aromatic N) is 7. The van der Waals surface area contributed by atoms with Crippen LogP contribution in [0.1, 0.15) is 43.5 Å². The average molecular weight is 665 g/mol. The summed E-state index contributed by atoms with van der Waals surface area (Å²) in [7, 11) is 0. The molecule has 0 bridgehead atoms. The molecule has 0 aliphatic carbocycles. The van der Waals surface area contributed by atoms with E-state index in [-0.39, 0.29) is 16.9 Å². The summed E-state index contributed by atoms with van der Waals surface area (Å²) in [5.74, 6) is -4.24. The van der Waals surface area contributed by atoms with Gasteiger partial charge in [0.2, 0.25) is 0 Å². The van der Waals surface area contributed by atoms with Gasteiger partial charge in [-0.1, -0.05) is 0 Å². The highest BCUT2D eigenvalue weighted by Gasteiger charge is 2.39. The normalized spacial score (nSPS) is 12.0. The van der Waals surface area contributed by atoms with Crippen molar-refractivity contribution in [2.45, 2.75) is 25.8 Å². The molecule has 0 aliphatic rings. The highest BCUT2D eigenvalue weighted by Crippen LogP contribution is 2.34. The van der Waals surface area contributed by atoms with E-state index in [4.69, 9.17) is 5.73 Å². The lowest BCUT2D eigenvalue weighted by Crippen LogP contribution is -2.23. The van der Waals surface area contributed by atoms with Gasteiger partial charge in [-0.25, -0.2) is 14.3 Å². The Morgan fingerprint density at radius 2 is 1.82 bits per heavy atom. The van der Waals surface area contributed by atoms with Gasteiger partial charge in [0.1, 0.15) is 11.3 Å². The molecule has 3 heterocycles. The zero-order valence-corrected chi connectivity index (χ0v) is 21.5. The standard InChI is InChI=1S/C21H14F6IN9O2/c1-9-5-10(28)6-12(16(29)38)15(9)31-18(39)14-7-11(8-36-19(21(25,26)27)32-34-35-36)33-37(14)17-13(20(22,23)24)3-2-4-30-17/h2-7H,8H2,1H3,(H2,29,38)(H,31,39). The molecule has 11 nitrogen and oxygen atoms in total. The number of hydrogen-bond acceptors (Lipinski definition) is 7. The molecule has 0 aliphatic heterocycles. The summed E-state index contributed by atoms with van der Waals surface area (Å²) < 4.78 is 82.4. The van der Waals surface area contributed by atoms with Crippen LogP contribution in [0.4, 0.5) is 32.0 Å². The Kier molecular flexibility index (Phi) is 7.32. The smallest absolute Gasteiger partial charge is 0.366 e. The molecule has 39 heavy (non-hydrogen) atoms. The number of alkyl halides is 6. The highest BCUT2D eigenvalue weighted by atomic mass is 127. The summed E-state index contributed by atoms with van der Waals surface area (Å²) in [6.45, 7) is 0.808. The number of rotatable bonds is 6. The van der Waals surface area contributed by atoms with Crippen LogP contribution in [-0.2, 0) is 18.9 Å². The van der Waals surface area contributed by atoms with Gasteiger partial charge in [0.25, 0.3) is 17.6 Å². The molecule has 0 fully saturated rings. The Morgan fingerprint density at radius 3 is 2.46 bits per heavy atom. The van der Waals surface area contributed by atoms with Gasteiger partial charge in [0.15, 0.2) is 5.82 Å². The maximum Gasteiger partial charge on any atom is 0.453 e. The number of pyridine rings is 1. The van der Waals surface area contributed by atoms with Gasteiger partial charge in [-0.2, -0.15) is 31.4 Å². The van der Waals surface area contributed by atoms with Gasteiger partial charge in [-0.05, 0) is 75.8 Å². The molecule has 4 rings (SSSR count). The Hall–Kier alpha value is -4.10. The predicted octanol–water partition coefficient (Wildman–Crippen LogP) is 3.60. The SMILES string of the molecule is Cc1cc(I)cc(C(N)=O)c1NC(=O)c1cc(Cn2nnnc2C(F)(F)F)nn1-c1ncccc1C(F)(F)F. The lowest BCUT2D eigenvalue weighted by Gasteiger charge is -2.15. The first-order valence-electron chi connectivity index (χ1n) is 10.5. The first-order valence-corrected chi connectivity index (χ1v) is 11.6. The monoisotopic (exact) mass is 665 g/mol. The number of benzene rings is 1. The lowest BCUT2D eigenvalue weighted by molar-refractivity contribution is -0.147. The summed E-state index contributed by atoms with van der Waals surface area (Å²) in [6.07, 6.45) is -8.84. The molecular weight excluding hydrogens is 651 g/mol. The number of aromatic nitrogens is 7. The molecule has 3 N–H and O–H groups in total. The van der Waals surface area contributed by atoms with E-state index in [1.165, 1.54) is 6.07 Å². The minimum Gasteiger partial charge on any atom is -0.366 e. The van der Waals surface area contributed by atoms with E-state index in [9.17, 15) is 35.9 Å². The summed E-state index contributed by atoms with van der Waals surface area (Å²) >= 11 is 1.92. The van der Waals surface area contributed by atoms with Crippen molar-refractivity contribution < 1.29 is 35.9 Å². The molecule has 0 spiro atoms. The fraction of sp³-hybridized carbons (Fsp3) is 0.190. The van der Waals surface area contributed by atoms with Crippen LogP contribution in [0.3, 0.4) is 0 Å². The maximum absolute atomic E-state index is 13.8. The second-order valence-corrected chi connectivity index (χ2v) is 9.17. The molecule has 3 aromatic heterocycles. The van der Waals surface area contributed by atoms with Gasteiger partial charge in [-0.3, -0.25) is 9.59 Å². The van der Waals surface area contributed by atoms with Crippen molar-refractivity contribution in [3.8, 4) is 5.82 Å². The predicted molar refractivity (Wildman–Crippen MR) is 129 cm³/mol. The largest absolute Gasteiger partial charge is 0.453 e. The van der Waals surface area contributed by atoms with Crippen LogP contribution < -0.4 is 11.1 Å². The van der Waals surface area contributed by atoms with E-state index >= 15 is 0 Å². The van der Waals surface area contributed by atoms with E-state index in [2.05, 4.69) is 30.9 Å². The quantitative estimate of drug-likeness (QED) is 0.237. The number of hydrogen-bond donors (Lipinski definition) is 2.